The Morgan fingerprint density at radius 3 is 2.62 bits per heavy atom. The van der Waals surface area contributed by atoms with Crippen LogP contribution >= 0.6 is 0 Å². The average molecular weight is 439 g/mol. The lowest BCUT2D eigenvalue weighted by Crippen LogP contribution is -2.42. The van der Waals surface area contributed by atoms with E-state index in [-0.39, 0.29) is 11.1 Å². The number of allylic oxidation sites excluding steroid dienone is 1. The number of carbonyl (C=O) groups excluding carboxylic acids is 2. The molecule has 0 bridgehead atoms. The highest BCUT2D eigenvalue weighted by Gasteiger charge is 2.38. The first-order valence-corrected chi connectivity index (χ1v) is 11.0. The van der Waals surface area contributed by atoms with Gasteiger partial charge in [0.15, 0.2) is 5.76 Å². The Hall–Kier alpha value is -3.09. The Balaban J connectivity index is 1.81. The summed E-state index contributed by atoms with van der Waals surface area (Å²) in [5.41, 5.74) is 1.16. The Labute approximate surface area is 189 Å². The fourth-order valence-electron chi connectivity index (χ4n) is 4.54. The van der Waals surface area contributed by atoms with Crippen LogP contribution in [0.15, 0.2) is 48.6 Å². The number of hydrogen-bond donors (Lipinski definition) is 2. The van der Waals surface area contributed by atoms with E-state index in [1.807, 2.05) is 45.0 Å². The number of aliphatic hydroxyl groups excluding tert-OH is 1. The van der Waals surface area contributed by atoms with E-state index in [1.54, 1.807) is 0 Å². The van der Waals surface area contributed by atoms with Crippen molar-refractivity contribution in [3.63, 3.8) is 0 Å². The average Bonchev–Trinajstić information content (AvgIpc) is 3.31. The standard InChI is InChI=1S/C25H34N4O3/c1-17-14-29(22-19(17)10-9-13-26-22)25(11-7-8-12-25)16-28(6)15-20(30)21(31)18(2)23(32)27-24(3,4)5/h9-10,13-15,30H,2,7-8,11-12,16H2,1,3-6H3,(H,27,32)/b20-15+. The monoisotopic (exact) mass is 438 g/mol. The number of ketones is 1. The number of pyridine rings is 1. The maximum atomic E-state index is 12.6. The van der Waals surface area contributed by atoms with Gasteiger partial charge in [-0.25, -0.2) is 4.98 Å². The molecule has 1 fully saturated rings. The van der Waals surface area contributed by atoms with Crippen molar-refractivity contribution in [2.24, 2.45) is 0 Å². The number of aliphatic hydroxyl groups is 1. The molecule has 0 unspecified atom stereocenters. The Morgan fingerprint density at radius 1 is 1.34 bits per heavy atom. The van der Waals surface area contributed by atoms with Gasteiger partial charge in [0, 0.05) is 43.1 Å². The molecule has 2 aromatic rings. The van der Waals surface area contributed by atoms with Crippen molar-refractivity contribution in [2.75, 3.05) is 13.6 Å². The van der Waals surface area contributed by atoms with Gasteiger partial charge >= 0.3 is 0 Å². The summed E-state index contributed by atoms with van der Waals surface area (Å²) >= 11 is 0. The molecule has 2 N–H and O–H groups in total. The van der Waals surface area contributed by atoms with Crippen molar-refractivity contribution in [1.82, 2.24) is 19.8 Å². The molecule has 0 aliphatic heterocycles. The van der Waals surface area contributed by atoms with Crippen molar-refractivity contribution < 1.29 is 14.7 Å². The number of likely N-dealkylation sites (N-methyl/N-ethyl adjacent to an activating group) is 1. The summed E-state index contributed by atoms with van der Waals surface area (Å²) in [4.78, 5) is 31.2. The number of aryl methyl sites for hydroxylation is 1. The first-order valence-electron chi connectivity index (χ1n) is 11.0. The largest absolute Gasteiger partial charge is 0.503 e. The molecule has 2 aromatic heterocycles. The molecule has 1 aliphatic rings. The minimum absolute atomic E-state index is 0.184. The van der Waals surface area contributed by atoms with Gasteiger partial charge in [0.2, 0.25) is 5.78 Å². The summed E-state index contributed by atoms with van der Waals surface area (Å²) in [6, 6.07) is 4.03. The zero-order chi connectivity index (χ0) is 23.7. The molecule has 2 heterocycles. The van der Waals surface area contributed by atoms with E-state index in [2.05, 4.69) is 40.6 Å². The zero-order valence-corrected chi connectivity index (χ0v) is 19.7. The number of nitrogens with zero attached hydrogens (tertiary/aromatic N) is 3. The van der Waals surface area contributed by atoms with Crippen molar-refractivity contribution in [2.45, 2.75) is 64.5 Å². The Morgan fingerprint density at radius 2 is 2.00 bits per heavy atom. The van der Waals surface area contributed by atoms with Crippen LogP contribution in [0.5, 0.6) is 0 Å². The van der Waals surface area contributed by atoms with Crippen LogP contribution in [0.4, 0.5) is 0 Å². The lowest BCUT2D eigenvalue weighted by molar-refractivity contribution is -0.123. The van der Waals surface area contributed by atoms with Crippen LogP contribution in [0.3, 0.4) is 0 Å². The van der Waals surface area contributed by atoms with Crippen molar-refractivity contribution in [1.29, 1.82) is 0 Å². The second-order valence-corrected chi connectivity index (χ2v) is 9.93. The highest BCUT2D eigenvalue weighted by molar-refractivity contribution is 6.24. The number of carbonyl (C=O) groups is 2. The van der Waals surface area contributed by atoms with Crippen LogP contribution in [0.2, 0.25) is 0 Å². The quantitative estimate of drug-likeness (QED) is 0.295. The van der Waals surface area contributed by atoms with E-state index in [0.717, 1.165) is 36.7 Å². The smallest absolute Gasteiger partial charge is 0.255 e. The molecule has 3 rings (SSSR count). The Kier molecular flexibility index (Phi) is 6.49. The number of Topliss-reactive ketones (excluding diaryl/α,β-unsaturated/α-hetero) is 1. The maximum Gasteiger partial charge on any atom is 0.255 e. The molecule has 0 saturated heterocycles. The molecule has 7 nitrogen and oxygen atoms in total. The molecule has 1 saturated carbocycles. The second-order valence-electron chi connectivity index (χ2n) is 9.93. The van der Waals surface area contributed by atoms with Gasteiger partial charge in [0.1, 0.15) is 5.65 Å². The van der Waals surface area contributed by atoms with E-state index in [1.165, 1.54) is 11.8 Å². The molecule has 7 heteroatoms. The number of amides is 1. The van der Waals surface area contributed by atoms with E-state index >= 15 is 0 Å². The van der Waals surface area contributed by atoms with Gasteiger partial charge in [-0.2, -0.15) is 0 Å². The van der Waals surface area contributed by atoms with Crippen molar-refractivity contribution in [3.05, 3.63) is 54.2 Å². The van der Waals surface area contributed by atoms with Gasteiger partial charge < -0.3 is 19.9 Å². The van der Waals surface area contributed by atoms with Gasteiger partial charge in [0.05, 0.1) is 11.1 Å². The topological polar surface area (TPSA) is 87.5 Å². The number of fused-ring (bicyclic) bond motifs is 1. The fourth-order valence-corrected chi connectivity index (χ4v) is 4.54. The number of nitrogens with one attached hydrogen (secondary N) is 1. The van der Waals surface area contributed by atoms with Crippen LogP contribution in [-0.4, -0.2) is 50.4 Å². The number of rotatable bonds is 7. The van der Waals surface area contributed by atoms with Crippen LogP contribution in [-0.2, 0) is 15.1 Å². The predicted octanol–water partition coefficient (Wildman–Crippen LogP) is 3.99. The van der Waals surface area contributed by atoms with E-state index in [9.17, 15) is 14.7 Å². The van der Waals surface area contributed by atoms with Gasteiger partial charge in [0.25, 0.3) is 5.91 Å². The molecule has 0 atom stereocenters. The first-order chi connectivity index (χ1) is 14.9. The molecule has 32 heavy (non-hydrogen) atoms. The summed E-state index contributed by atoms with van der Waals surface area (Å²) in [5.74, 6) is -1.86. The van der Waals surface area contributed by atoms with Crippen LogP contribution in [0.25, 0.3) is 11.0 Å². The van der Waals surface area contributed by atoms with Gasteiger partial charge in [-0.3, -0.25) is 9.59 Å². The van der Waals surface area contributed by atoms with E-state index < -0.39 is 23.0 Å². The van der Waals surface area contributed by atoms with Gasteiger partial charge in [-0.05, 0) is 58.2 Å². The van der Waals surface area contributed by atoms with Crippen LogP contribution in [0.1, 0.15) is 52.0 Å². The molecule has 0 aromatic carbocycles. The number of hydrogen-bond acceptors (Lipinski definition) is 5. The number of aromatic nitrogens is 2. The zero-order valence-electron chi connectivity index (χ0n) is 19.7. The minimum Gasteiger partial charge on any atom is -0.503 e. The van der Waals surface area contributed by atoms with E-state index in [0.29, 0.717) is 6.54 Å². The molecule has 1 aliphatic carbocycles. The lowest BCUT2D eigenvalue weighted by atomic mass is 9.96. The summed E-state index contributed by atoms with van der Waals surface area (Å²) in [5, 5.41) is 14.2. The summed E-state index contributed by atoms with van der Waals surface area (Å²) in [6.45, 7) is 11.7. The lowest BCUT2D eigenvalue weighted by Gasteiger charge is -2.35. The molecule has 0 radical (unpaired) electrons. The van der Waals surface area contributed by atoms with Crippen molar-refractivity contribution in [3.8, 4) is 0 Å². The molecule has 0 spiro atoms. The molecular formula is C25H34N4O3. The van der Waals surface area contributed by atoms with Gasteiger partial charge in [-0.1, -0.05) is 19.4 Å². The third-order valence-corrected chi connectivity index (χ3v) is 5.96. The highest BCUT2D eigenvalue weighted by atomic mass is 16.3. The molecule has 1 amide bonds. The predicted molar refractivity (Wildman–Crippen MR) is 126 cm³/mol. The maximum absolute atomic E-state index is 12.6. The SMILES string of the molecule is C=C(C(=O)NC(C)(C)C)C(=O)/C(O)=C\N(C)CC1(n2cc(C)c3cccnc32)CCCC1. The molecular weight excluding hydrogens is 404 g/mol. The first kappa shape index (κ1) is 23.6. The summed E-state index contributed by atoms with van der Waals surface area (Å²) in [7, 11) is 1.83. The van der Waals surface area contributed by atoms with Crippen LogP contribution in [0, 0.1) is 6.92 Å². The minimum atomic E-state index is -0.775. The van der Waals surface area contributed by atoms with Crippen LogP contribution < -0.4 is 5.32 Å². The third kappa shape index (κ3) is 4.87. The fraction of sp³-hybridized carbons (Fsp3) is 0.480. The highest BCUT2D eigenvalue weighted by Crippen LogP contribution is 2.40. The Bertz CT molecular complexity index is 1070. The molecule has 172 valence electrons. The summed E-state index contributed by atoms with van der Waals surface area (Å²) in [6.07, 6.45) is 9.55. The van der Waals surface area contributed by atoms with Gasteiger partial charge in [-0.15, -0.1) is 0 Å². The second kappa shape index (κ2) is 8.81. The normalized spacial score (nSPS) is 16.2. The van der Waals surface area contributed by atoms with Crippen molar-refractivity contribution >= 4 is 22.7 Å². The third-order valence-electron chi connectivity index (χ3n) is 5.96. The van der Waals surface area contributed by atoms with E-state index in [4.69, 9.17) is 0 Å². The summed E-state index contributed by atoms with van der Waals surface area (Å²) < 4.78 is 2.27.